The Morgan fingerprint density at radius 1 is 1.29 bits per heavy atom. The molecule has 2 saturated carbocycles. The Labute approximate surface area is 187 Å². The third-order valence-electron chi connectivity index (χ3n) is 8.82. The van der Waals surface area contributed by atoms with Gasteiger partial charge >= 0.3 is 5.97 Å². The molecular weight excluding hydrogens is 384 g/mol. The molecule has 31 heavy (non-hydrogen) atoms. The van der Waals surface area contributed by atoms with Crippen LogP contribution in [0.1, 0.15) is 51.5 Å². The number of ether oxygens (including phenoxy) is 1. The number of allylic oxidation sites excluding steroid dienone is 1. The molecule has 1 aromatic rings. The maximum Gasteiger partial charge on any atom is 0.310 e. The first-order chi connectivity index (χ1) is 14.8. The molecule has 0 bridgehead atoms. The molecule has 0 unspecified atom stereocenters. The summed E-state index contributed by atoms with van der Waals surface area (Å²) in [6.45, 7) is 15.2. The lowest BCUT2D eigenvalue weighted by Gasteiger charge is -2.50. The number of aryl methyl sites for hydroxylation is 1. The predicted molar refractivity (Wildman–Crippen MR) is 125 cm³/mol. The number of piperazine rings is 1. The Hall–Kier alpha value is -1.81. The highest BCUT2D eigenvalue weighted by atomic mass is 16.6. The van der Waals surface area contributed by atoms with Crippen molar-refractivity contribution < 1.29 is 9.53 Å². The number of hydrogen-bond acceptors (Lipinski definition) is 4. The van der Waals surface area contributed by atoms with Gasteiger partial charge in [-0.2, -0.15) is 0 Å². The van der Waals surface area contributed by atoms with E-state index in [4.69, 9.17) is 4.74 Å². The highest BCUT2D eigenvalue weighted by molar-refractivity contribution is 5.75. The second-order valence-corrected chi connectivity index (χ2v) is 11.0. The summed E-state index contributed by atoms with van der Waals surface area (Å²) >= 11 is 0. The molecule has 5 rings (SSSR count). The van der Waals surface area contributed by atoms with Gasteiger partial charge in [0.05, 0.1) is 5.92 Å². The van der Waals surface area contributed by atoms with Gasteiger partial charge in [0.1, 0.15) is 6.10 Å². The quantitative estimate of drug-likeness (QED) is 0.516. The number of hydrogen-bond donors (Lipinski definition) is 0. The second kappa shape index (κ2) is 7.95. The van der Waals surface area contributed by atoms with Crippen LogP contribution in [0.4, 0.5) is 5.69 Å². The van der Waals surface area contributed by atoms with Crippen molar-refractivity contribution in [1.29, 1.82) is 0 Å². The normalized spacial score (nSPS) is 38.5. The topological polar surface area (TPSA) is 32.8 Å². The number of nitrogens with zero attached hydrogens (tertiary/aromatic N) is 2. The molecule has 4 nitrogen and oxygen atoms in total. The highest BCUT2D eigenvalue weighted by Crippen LogP contribution is 2.57. The molecule has 4 fully saturated rings. The van der Waals surface area contributed by atoms with Crippen molar-refractivity contribution in [2.45, 2.75) is 65.0 Å². The molecule has 0 spiro atoms. The fourth-order valence-corrected chi connectivity index (χ4v) is 7.13. The number of fused-ring (bicyclic) bond motifs is 2. The fourth-order valence-electron chi connectivity index (χ4n) is 7.13. The summed E-state index contributed by atoms with van der Waals surface area (Å²) in [5, 5.41) is 0. The maximum absolute atomic E-state index is 12.9. The molecule has 1 aromatic carbocycles. The monoisotopic (exact) mass is 422 g/mol. The van der Waals surface area contributed by atoms with Crippen LogP contribution in [0.3, 0.4) is 0 Å². The SMILES string of the molecule is C=C1CCC[C@]2(C)C[C@H]3OC(=O)[C@H](CN4CCN(c5cccc(C)c5)[C@@H](C)C4)[C@H]3C[C@@H]12. The lowest BCUT2D eigenvalue weighted by molar-refractivity contribution is -0.146. The zero-order chi connectivity index (χ0) is 21.8. The molecule has 6 atom stereocenters. The molecule has 4 heteroatoms. The van der Waals surface area contributed by atoms with Gasteiger partial charge in [-0.25, -0.2) is 0 Å². The minimum Gasteiger partial charge on any atom is -0.462 e. The van der Waals surface area contributed by atoms with Crippen LogP contribution >= 0.6 is 0 Å². The second-order valence-electron chi connectivity index (χ2n) is 11.0. The number of esters is 1. The first kappa shape index (κ1) is 21.1. The Balaban J connectivity index is 1.25. The fraction of sp³-hybridized carbons (Fsp3) is 0.667. The van der Waals surface area contributed by atoms with Gasteiger partial charge in [0.2, 0.25) is 0 Å². The van der Waals surface area contributed by atoms with E-state index in [1.165, 1.54) is 29.7 Å². The smallest absolute Gasteiger partial charge is 0.310 e. The van der Waals surface area contributed by atoms with Crippen molar-refractivity contribution in [3.8, 4) is 0 Å². The molecule has 0 amide bonds. The van der Waals surface area contributed by atoms with Crippen molar-refractivity contribution in [1.82, 2.24) is 4.90 Å². The van der Waals surface area contributed by atoms with Gasteiger partial charge in [-0.15, -0.1) is 0 Å². The number of carbonyl (C=O) groups is 1. The molecule has 2 saturated heterocycles. The van der Waals surface area contributed by atoms with Crippen molar-refractivity contribution in [2.75, 3.05) is 31.1 Å². The molecule has 0 N–H and O–H groups in total. The molecule has 2 aliphatic carbocycles. The average molecular weight is 423 g/mol. The van der Waals surface area contributed by atoms with Crippen molar-refractivity contribution in [3.05, 3.63) is 42.0 Å². The maximum atomic E-state index is 12.9. The highest BCUT2D eigenvalue weighted by Gasteiger charge is 2.55. The Morgan fingerprint density at radius 2 is 2.13 bits per heavy atom. The van der Waals surface area contributed by atoms with Crippen LogP contribution in [0, 0.1) is 30.1 Å². The number of benzene rings is 1. The van der Waals surface area contributed by atoms with E-state index in [0.717, 1.165) is 45.4 Å². The average Bonchev–Trinajstić information content (AvgIpc) is 3.00. The van der Waals surface area contributed by atoms with Gasteiger partial charge in [-0.1, -0.05) is 31.2 Å². The standard InChI is InChI=1S/C27H38N2O2/c1-18-7-5-9-21(13-18)29-12-11-28(16-20(29)3)17-23-22-14-24-19(2)8-6-10-27(24,4)15-25(22)31-26(23)30/h5,7,9,13,20,22-25H,2,6,8,10-12,14-17H2,1,3-4H3/t20-,22+,23+,24-,25+,27+/m0/s1. The van der Waals surface area contributed by atoms with Gasteiger partial charge in [0.15, 0.2) is 0 Å². The predicted octanol–water partition coefficient (Wildman–Crippen LogP) is 4.82. The van der Waals surface area contributed by atoms with E-state index in [-0.39, 0.29) is 23.4 Å². The van der Waals surface area contributed by atoms with E-state index in [9.17, 15) is 4.79 Å². The van der Waals surface area contributed by atoms with E-state index >= 15 is 0 Å². The minimum absolute atomic E-state index is 0.0296. The summed E-state index contributed by atoms with van der Waals surface area (Å²) in [6.07, 6.45) is 5.89. The third-order valence-corrected chi connectivity index (χ3v) is 8.82. The van der Waals surface area contributed by atoms with E-state index in [1.54, 1.807) is 0 Å². The van der Waals surface area contributed by atoms with Crippen LogP contribution in [0.25, 0.3) is 0 Å². The van der Waals surface area contributed by atoms with E-state index in [0.29, 0.717) is 17.9 Å². The van der Waals surface area contributed by atoms with Gasteiger partial charge in [0, 0.05) is 43.8 Å². The number of rotatable bonds is 3. The Morgan fingerprint density at radius 3 is 2.90 bits per heavy atom. The van der Waals surface area contributed by atoms with Gasteiger partial charge < -0.3 is 9.64 Å². The summed E-state index contributed by atoms with van der Waals surface area (Å²) in [6, 6.07) is 9.24. The first-order valence-corrected chi connectivity index (χ1v) is 12.3. The molecule has 2 aliphatic heterocycles. The Kier molecular flexibility index (Phi) is 5.40. The molecular formula is C27H38N2O2. The summed E-state index contributed by atoms with van der Waals surface area (Å²) in [5.41, 5.74) is 4.32. The number of carbonyl (C=O) groups excluding carboxylic acids is 1. The molecule has 2 heterocycles. The van der Waals surface area contributed by atoms with Crippen molar-refractivity contribution in [3.63, 3.8) is 0 Å². The van der Waals surface area contributed by atoms with Crippen LogP contribution in [-0.2, 0) is 9.53 Å². The molecule has 4 aliphatic rings. The van der Waals surface area contributed by atoms with Crippen LogP contribution in [-0.4, -0.2) is 49.2 Å². The van der Waals surface area contributed by atoms with Crippen LogP contribution in [0.15, 0.2) is 36.4 Å². The van der Waals surface area contributed by atoms with E-state index < -0.39 is 0 Å². The third kappa shape index (κ3) is 3.82. The summed E-state index contributed by atoms with van der Waals surface area (Å²) in [7, 11) is 0. The van der Waals surface area contributed by atoms with E-state index in [2.05, 4.69) is 61.4 Å². The lowest BCUT2D eigenvalue weighted by Crippen LogP contribution is -2.54. The van der Waals surface area contributed by atoms with Crippen LogP contribution in [0.2, 0.25) is 0 Å². The molecule has 0 radical (unpaired) electrons. The summed E-state index contributed by atoms with van der Waals surface area (Å²) < 4.78 is 5.99. The van der Waals surface area contributed by atoms with Crippen molar-refractivity contribution in [2.24, 2.45) is 23.2 Å². The van der Waals surface area contributed by atoms with Crippen molar-refractivity contribution >= 4 is 11.7 Å². The largest absolute Gasteiger partial charge is 0.462 e. The first-order valence-electron chi connectivity index (χ1n) is 12.3. The lowest BCUT2D eigenvalue weighted by atomic mass is 9.55. The molecule has 168 valence electrons. The zero-order valence-electron chi connectivity index (χ0n) is 19.5. The van der Waals surface area contributed by atoms with E-state index in [1.807, 2.05) is 0 Å². The minimum atomic E-state index is 0.0296. The zero-order valence-corrected chi connectivity index (χ0v) is 19.5. The van der Waals surface area contributed by atoms with Gasteiger partial charge in [-0.3, -0.25) is 9.69 Å². The summed E-state index contributed by atoms with van der Waals surface area (Å²) in [4.78, 5) is 17.9. The molecule has 0 aromatic heterocycles. The summed E-state index contributed by atoms with van der Waals surface area (Å²) in [5.74, 6) is 1.01. The van der Waals surface area contributed by atoms with Crippen LogP contribution in [0.5, 0.6) is 0 Å². The number of anilines is 1. The Bertz CT molecular complexity index is 867. The van der Waals surface area contributed by atoms with Crippen LogP contribution < -0.4 is 4.90 Å². The van der Waals surface area contributed by atoms with Gasteiger partial charge in [-0.05, 0) is 75.0 Å². The van der Waals surface area contributed by atoms with Gasteiger partial charge in [0.25, 0.3) is 0 Å².